The highest BCUT2D eigenvalue weighted by atomic mass is 16.6. The van der Waals surface area contributed by atoms with Crippen LogP contribution in [-0.2, 0) is 22.6 Å². The third-order valence-corrected chi connectivity index (χ3v) is 4.60. The minimum atomic E-state index is -0.607. The van der Waals surface area contributed by atoms with Crippen LogP contribution in [-0.4, -0.2) is 34.3 Å². The third-order valence-electron chi connectivity index (χ3n) is 4.60. The number of oxime groups is 1. The Kier molecular flexibility index (Phi) is 3.69. The van der Waals surface area contributed by atoms with E-state index in [0.717, 1.165) is 6.42 Å². The Bertz CT molecular complexity index is 816. The summed E-state index contributed by atoms with van der Waals surface area (Å²) in [6.07, 6.45) is 0.640. The van der Waals surface area contributed by atoms with Gasteiger partial charge in [0.1, 0.15) is 5.75 Å². The second-order valence-corrected chi connectivity index (χ2v) is 6.13. The van der Waals surface area contributed by atoms with Crippen LogP contribution >= 0.6 is 0 Å². The first kappa shape index (κ1) is 14.8. The number of phenols is 1. The van der Waals surface area contributed by atoms with Gasteiger partial charge in [-0.05, 0) is 29.7 Å². The molecule has 122 valence electrons. The number of nitrogens with zero attached hydrogens (tertiary/aromatic N) is 2. The zero-order chi connectivity index (χ0) is 16.5. The Hall–Kier alpha value is -2.82. The van der Waals surface area contributed by atoms with Crippen molar-refractivity contribution in [3.8, 4) is 5.75 Å². The molecule has 0 spiro atoms. The second kappa shape index (κ2) is 6.00. The molecule has 0 saturated carbocycles. The van der Waals surface area contributed by atoms with Gasteiger partial charge < -0.3 is 14.8 Å². The van der Waals surface area contributed by atoms with E-state index >= 15 is 0 Å². The van der Waals surface area contributed by atoms with E-state index in [1.54, 1.807) is 18.2 Å². The van der Waals surface area contributed by atoms with Gasteiger partial charge in [0, 0.05) is 25.1 Å². The van der Waals surface area contributed by atoms with Crippen molar-refractivity contribution in [1.82, 2.24) is 4.90 Å². The van der Waals surface area contributed by atoms with Crippen molar-refractivity contribution in [2.75, 3.05) is 6.54 Å². The lowest BCUT2D eigenvalue weighted by atomic mass is 9.98. The molecule has 0 radical (unpaired) electrons. The zero-order valence-corrected chi connectivity index (χ0v) is 13.2. The van der Waals surface area contributed by atoms with Gasteiger partial charge in [0.15, 0.2) is 0 Å². The summed E-state index contributed by atoms with van der Waals surface area (Å²) in [7, 11) is 0. The highest BCUT2D eigenvalue weighted by Crippen LogP contribution is 2.26. The lowest BCUT2D eigenvalue weighted by Gasteiger charge is -2.30. The molecule has 5 nitrogen and oxygen atoms in total. The molecule has 2 heterocycles. The van der Waals surface area contributed by atoms with Gasteiger partial charge in [0.2, 0.25) is 6.10 Å². The molecule has 0 bridgehead atoms. The van der Waals surface area contributed by atoms with Crippen LogP contribution in [0, 0.1) is 0 Å². The number of benzene rings is 2. The van der Waals surface area contributed by atoms with E-state index in [-0.39, 0.29) is 11.7 Å². The number of phenolic OH excluding ortho intramolecular Hbond substituents is 1. The van der Waals surface area contributed by atoms with Crippen LogP contribution in [0.1, 0.15) is 23.1 Å². The van der Waals surface area contributed by atoms with Gasteiger partial charge in [0.05, 0.1) is 5.71 Å². The molecule has 2 aliphatic heterocycles. The fourth-order valence-electron chi connectivity index (χ4n) is 3.27. The SMILES string of the molecule is O=C(C1CC(c2ccccc2O)=NO1)N1CCc2ccccc2C1. The van der Waals surface area contributed by atoms with E-state index in [1.165, 1.54) is 11.1 Å². The number of carbonyl (C=O) groups is 1. The number of para-hydroxylation sites is 1. The Balaban J connectivity index is 1.45. The van der Waals surface area contributed by atoms with Crippen molar-refractivity contribution in [2.24, 2.45) is 5.16 Å². The molecule has 1 N–H and O–H groups in total. The van der Waals surface area contributed by atoms with E-state index in [1.807, 2.05) is 23.1 Å². The summed E-state index contributed by atoms with van der Waals surface area (Å²) in [5.74, 6) is 0.110. The molecule has 0 aliphatic carbocycles. The summed E-state index contributed by atoms with van der Waals surface area (Å²) in [4.78, 5) is 19.9. The average Bonchev–Trinajstić information content (AvgIpc) is 3.11. The standard InChI is InChI=1S/C19H18N2O3/c22-17-8-4-3-7-15(17)16-11-18(24-20-16)19(23)21-10-9-13-5-1-2-6-14(13)12-21/h1-8,18,22H,9-12H2. The first-order chi connectivity index (χ1) is 11.7. The molecular weight excluding hydrogens is 304 g/mol. The summed E-state index contributed by atoms with van der Waals surface area (Å²) in [6, 6.07) is 15.2. The number of rotatable bonds is 2. The van der Waals surface area contributed by atoms with Gasteiger partial charge in [0.25, 0.3) is 5.91 Å². The highest BCUT2D eigenvalue weighted by molar-refractivity contribution is 6.05. The van der Waals surface area contributed by atoms with Crippen molar-refractivity contribution >= 4 is 11.6 Å². The summed E-state index contributed by atoms with van der Waals surface area (Å²) >= 11 is 0. The van der Waals surface area contributed by atoms with Crippen LogP contribution < -0.4 is 0 Å². The Morgan fingerprint density at radius 2 is 1.88 bits per heavy atom. The van der Waals surface area contributed by atoms with Crippen molar-refractivity contribution in [1.29, 1.82) is 0 Å². The maximum Gasteiger partial charge on any atom is 0.267 e. The first-order valence-electron chi connectivity index (χ1n) is 8.09. The van der Waals surface area contributed by atoms with Crippen LogP contribution in [0.4, 0.5) is 0 Å². The average molecular weight is 322 g/mol. The molecule has 1 amide bonds. The second-order valence-electron chi connectivity index (χ2n) is 6.13. The van der Waals surface area contributed by atoms with Crippen LogP contribution in [0.15, 0.2) is 53.7 Å². The summed E-state index contributed by atoms with van der Waals surface area (Å²) < 4.78 is 0. The minimum absolute atomic E-state index is 0.0429. The van der Waals surface area contributed by atoms with Gasteiger partial charge in [-0.3, -0.25) is 4.79 Å². The summed E-state index contributed by atoms with van der Waals surface area (Å²) in [5, 5.41) is 13.9. The maximum atomic E-state index is 12.7. The highest BCUT2D eigenvalue weighted by Gasteiger charge is 2.34. The fourth-order valence-corrected chi connectivity index (χ4v) is 3.27. The van der Waals surface area contributed by atoms with Crippen molar-refractivity contribution in [3.63, 3.8) is 0 Å². The van der Waals surface area contributed by atoms with Crippen LogP contribution in [0.2, 0.25) is 0 Å². The largest absolute Gasteiger partial charge is 0.507 e. The van der Waals surface area contributed by atoms with E-state index < -0.39 is 6.10 Å². The third kappa shape index (κ3) is 2.62. The lowest BCUT2D eigenvalue weighted by molar-refractivity contribution is -0.143. The first-order valence-corrected chi connectivity index (χ1v) is 8.09. The zero-order valence-electron chi connectivity index (χ0n) is 13.2. The normalized spacial score (nSPS) is 19.4. The summed E-state index contributed by atoms with van der Waals surface area (Å²) in [5.41, 5.74) is 3.73. The number of hydrogen-bond donors (Lipinski definition) is 1. The Labute approximate surface area is 140 Å². The fraction of sp³-hybridized carbons (Fsp3) is 0.263. The number of fused-ring (bicyclic) bond motifs is 1. The lowest BCUT2D eigenvalue weighted by Crippen LogP contribution is -2.42. The molecule has 2 aromatic rings. The van der Waals surface area contributed by atoms with Crippen LogP contribution in [0.3, 0.4) is 0 Å². The molecule has 4 rings (SSSR count). The monoisotopic (exact) mass is 322 g/mol. The predicted octanol–water partition coefficient (Wildman–Crippen LogP) is 2.47. The van der Waals surface area contributed by atoms with Crippen LogP contribution in [0.5, 0.6) is 5.75 Å². The predicted molar refractivity (Wildman–Crippen MR) is 89.7 cm³/mol. The molecule has 24 heavy (non-hydrogen) atoms. The van der Waals surface area contributed by atoms with Gasteiger partial charge in [-0.2, -0.15) is 0 Å². The van der Waals surface area contributed by atoms with E-state index in [0.29, 0.717) is 30.8 Å². The molecule has 0 fully saturated rings. The molecule has 5 heteroatoms. The Morgan fingerprint density at radius 3 is 2.71 bits per heavy atom. The number of amides is 1. The number of hydrogen-bond acceptors (Lipinski definition) is 4. The number of aromatic hydroxyl groups is 1. The van der Waals surface area contributed by atoms with E-state index in [9.17, 15) is 9.90 Å². The van der Waals surface area contributed by atoms with Crippen molar-refractivity contribution in [2.45, 2.75) is 25.5 Å². The maximum absolute atomic E-state index is 12.7. The molecular formula is C19H18N2O3. The van der Waals surface area contributed by atoms with Gasteiger partial charge in [-0.25, -0.2) is 0 Å². The van der Waals surface area contributed by atoms with E-state index in [4.69, 9.17) is 4.84 Å². The molecule has 2 aromatic carbocycles. The minimum Gasteiger partial charge on any atom is -0.507 e. The molecule has 2 aliphatic rings. The van der Waals surface area contributed by atoms with Crippen LogP contribution in [0.25, 0.3) is 0 Å². The quantitative estimate of drug-likeness (QED) is 0.924. The number of carbonyl (C=O) groups excluding carboxylic acids is 1. The molecule has 0 aromatic heterocycles. The van der Waals surface area contributed by atoms with Crippen molar-refractivity contribution < 1.29 is 14.7 Å². The van der Waals surface area contributed by atoms with Gasteiger partial charge in [-0.15, -0.1) is 0 Å². The Morgan fingerprint density at radius 1 is 1.12 bits per heavy atom. The topological polar surface area (TPSA) is 62.1 Å². The summed E-state index contributed by atoms with van der Waals surface area (Å²) in [6.45, 7) is 1.31. The van der Waals surface area contributed by atoms with Crippen molar-refractivity contribution in [3.05, 3.63) is 65.2 Å². The molecule has 1 unspecified atom stereocenters. The van der Waals surface area contributed by atoms with Gasteiger partial charge in [-0.1, -0.05) is 41.6 Å². The molecule has 0 saturated heterocycles. The van der Waals surface area contributed by atoms with E-state index in [2.05, 4.69) is 17.3 Å². The van der Waals surface area contributed by atoms with Gasteiger partial charge >= 0.3 is 0 Å². The smallest absolute Gasteiger partial charge is 0.267 e. The molecule has 1 atom stereocenters.